The minimum absolute atomic E-state index is 0.0645. The fraction of sp³-hybridized carbons (Fsp3) is 0.524. The van der Waals surface area contributed by atoms with Crippen LogP contribution in [0.3, 0.4) is 0 Å². The lowest BCUT2D eigenvalue weighted by Gasteiger charge is -2.22. The molecule has 3 aliphatic heterocycles. The van der Waals surface area contributed by atoms with Crippen LogP contribution in [0.4, 0.5) is 10.5 Å². The second-order valence-electron chi connectivity index (χ2n) is 8.37. The molecule has 2 unspecified atom stereocenters. The van der Waals surface area contributed by atoms with Crippen LogP contribution in [0.15, 0.2) is 36.7 Å². The van der Waals surface area contributed by atoms with Gasteiger partial charge in [0.1, 0.15) is 0 Å². The molecule has 2 aromatic rings. The molecular weight excluding hydrogens is 374 g/mol. The van der Waals surface area contributed by atoms with Gasteiger partial charge in [0.15, 0.2) is 0 Å². The van der Waals surface area contributed by atoms with E-state index in [-0.39, 0.29) is 6.03 Å². The van der Waals surface area contributed by atoms with Gasteiger partial charge in [0.2, 0.25) is 0 Å². The zero-order valence-electron chi connectivity index (χ0n) is 16.0. The largest absolute Gasteiger partial charge is 0.372 e. The van der Waals surface area contributed by atoms with E-state index in [0.717, 1.165) is 32.7 Å². The summed E-state index contributed by atoms with van der Waals surface area (Å²) in [7, 11) is 0. The second kappa shape index (κ2) is 7.41. The molecular formula is C21H26ClN5O. The Morgan fingerprint density at radius 2 is 1.71 bits per heavy atom. The zero-order chi connectivity index (χ0) is 19.1. The number of rotatable bonds is 3. The predicted molar refractivity (Wildman–Crippen MR) is 110 cm³/mol. The highest BCUT2D eigenvalue weighted by molar-refractivity contribution is 6.30. The molecule has 0 spiro atoms. The molecule has 3 aliphatic rings. The van der Waals surface area contributed by atoms with Gasteiger partial charge >= 0.3 is 6.03 Å². The maximum absolute atomic E-state index is 12.6. The van der Waals surface area contributed by atoms with E-state index in [1.807, 2.05) is 4.90 Å². The molecule has 3 saturated heterocycles. The summed E-state index contributed by atoms with van der Waals surface area (Å²) >= 11 is 5.89. The van der Waals surface area contributed by atoms with Crippen molar-refractivity contribution in [2.75, 3.05) is 44.2 Å². The standard InChI is InChI=1S/C21H26ClN5O/c22-19-9-23-27(15-19)21(28)26-13-17-11-24(12-18(17)14-26)10-16-3-5-20(6-4-16)25-7-1-2-8-25/h3-6,9,15,17-18H,1-2,7-8,10-14H2. The van der Waals surface area contributed by atoms with Crippen LogP contribution in [0.2, 0.25) is 5.02 Å². The fourth-order valence-corrected chi connectivity index (χ4v) is 5.11. The molecule has 0 radical (unpaired) electrons. The summed E-state index contributed by atoms with van der Waals surface area (Å²) in [6.07, 6.45) is 5.71. The van der Waals surface area contributed by atoms with Crippen molar-refractivity contribution in [3.63, 3.8) is 0 Å². The highest BCUT2D eigenvalue weighted by Crippen LogP contribution is 2.32. The van der Waals surface area contributed by atoms with Crippen molar-refractivity contribution in [3.8, 4) is 0 Å². The molecule has 1 aromatic heterocycles. The van der Waals surface area contributed by atoms with E-state index in [4.69, 9.17) is 11.6 Å². The molecule has 1 aromatic carbocycles. The van der Waals surface area contributed by atoms with Crippen LogP contribution >= 0.6 is 11.6 Å². The van der Waals surface area contributed by atoms with Gasteiger partial charge in [-0.15, -0.1) is 0 Å². The minimum atomic E-state index is -0.0645. The summed E-state index contributed by atoms with van der Waals surface area (Å²) in [5, 5.41) is 4.54. The molecule has 0 saturated carbocycles. The molecule has 5 rings (SSSR count). The number of benzene rings is 1. The molecule has 7 heteroatoms. The third kappa shape index (κ3) is 3.51. The zero-order valence-corrected chi connectivity index (χ0v) is 16.8. The van der Waals surface area contributed by atoms with Crippen LogP contribution in [0.5, 0.6) is 0 Å². The van der Waals surface area contributed by atoms with Gasteiger partial charge in [0, 0.05) is 51.5 Å². The predicted octanol–water partition coefficient (Wildman–Crippen LogP) is 3.17. The van der Waals surface area contributed by atoms with Crippen LogP contribution in [-0.4, -0.2) is 64.9 Å². The van der Waals surface area contributed by atoms with Gasteiger partial charge in [-0.2, -0.15) is 9.78 Å². The van der Waals surface area contributed by atoms with E-state index >= 15 is 0 Å². The Kier molecular flexibility index (Phi) is 4.77. The highest BCUT2D eigenvalue weighted by atomic mass is 35.5. The Balaban J connectivity index is 1.15. The van der Waals surface area contributed by atoms with Crippen LogP contribution in [0.1, 0.15) is 18.4 Å². The van der Waals surface area contributed by atoms with Gasteiger partial charge < -0.3 is 9.80 Å². The van der Waals surface area contributed by atoms with Gasteiger partial charge in [-0.3, -0.25) is 4.90 Å². The summed E-state index contributed by atoms with van der Waals surface area (Å²) in [5.74, 6) is 1.11. The Labute approximate surface area is 170 Å². The molecule has 0 N–H and O–H groups in total. The number of likely N-dealkylation sites (tertiary alicyclic amines) is 2. The van der Waals surface area contributed by atoms with Crippen molar-refractivity contribution in [2.45, 2.75) is 19.4 Å². The Bertz CT molecular complexity index is 831. The topological polar surface area (TPSA) is 44.6 Å². The van der Waals surface area contributed by atoms with Crippen molar-refractivity contribution in [1.82, 2.24) is 19.6 Å². The molecule has 4 heterocycles. The van der Waals surface area contributed by atoms with Crippen LogP contribution < -0.4 is 4.90 Å². The molecule has 6 nitrogen and oxygen atoms in total. The number of hydrogen-bond donors (Lipinski definition) is 0. The van der Waals surface area contributed by atoms with E-state index in [2.05, 4.69) is 39.2 Å². The van der Waals surface area contributed by atoms with E-state index in [9.17, 15) is 4.79 Å². The molecule has 3 fully saturated rings. The van der Waals surface area contributed by atoms with E-state index in [1.54, 1.807) is 6.20 Å². The number of halogens is 1. The lowest BCUT2D eigenvalue weighted by molar-refractivity contribution is 0.197. The third-order valence-electron chi connectivity index (χ3n) is 6.39. The fourth-order valence-electron chi connectivity index (χ4n) is 4.97. The Morgan fingerprint density at radius 1 is 1.04 bits per heavy atom. The quantitative estimate of drug-likeness (QED) is 0.795. The molecule has 148 valence electrons. The molecule has 28 heavy (non-hydrogen) atoms. The lowest BCUT2D eigenvalue weighted by Crippen LogP contribution is -2.36. The van der Waals surface area contributed by atoms with Gasteiger partial charge in [-0.25, -0.2) is 4.79 Å². The van der Waals surface area contributed by atoms with Gasteiger partial charge in [-0.05, 0) is 42.4 Å². The van der Waals surface area contributed by atoms with E-state index in [0.29, 0.717) is 16.9 Å². The van der Waals surface area contributed by atoms with E-state index < -0.39 is 0 Å². The van der Waals surface area contributed by atoms with Crippen molar-refractivity contribution in [2.24, 2.45) is 11.8 Å². The third-order valence-corrected chi connectivity index (χ3v) is 6.59. The second-order valence-corrected chi connectivity index (χ2v) is 8.80. The lowest BCUT2D eigenvalue weighted by atomic mass is 10.0. The van der Waals surface area contributed by atoms with Gasteiger partial charge in [0.05, 0.1) is 17.4 Å². The number of carbonyl (C=O) groups is 1. The first-order valence-electron chi connectivity index (χ1n) is 10.2. The van der Waals surface area contributed by atoms with Crippen molar-refractivity contribution in [3.05, 3.63) is 47.2 Å². The summed E-state index contributed by atoms with van der Waals surface area (Å²) < 4.78 is 1.35. The molecule has 2 atom stereocenters. The average Bonchev–Trinajstić information content (AvgIpc) is 3.46. The van der Waals surface area contributed by atoms with Crippen LogP contribution in [0, 0.1) is 11.8 Å². The number of amides is 1. The van der Waals surface area contributed by atoms with Gasteiger partial charge in [-0.1, -0.05) is 23.7 Å². The van der Waals surface area contributed by atoms with Crippen molar-refractivity contribution < 1.29 is 4.79 Å². The minimum Gasteiger partial charge on any atom is -0.372 e. The number of aromatic nitrogens is 2. The maximum Gasteiger partial charge on any atom is 0.344 e. The normalized spacial score (nSPS) is 24.9. The number of hydrogen-bond acceptors (Lipinski definition) is 4. The maximum atomic E-state index is 12.6. The summed E-state index contributed by atoms with van der Waals surface area (Å²) in [5.41, 5.74) is 2.73. The first-order valence-corrected chi connectivity index (χ1v) is 10.6. The molecule has 0 aliphatic carbocycles. The number of nitrogens with zero attached hydrogens (tertiary/aromatic N) is 5. The highest BCUT2D eigenvalue weighted by Gasteiger charge is 2.41. The Hall–Kier alpha value is -2.05. The van der Waals surface area contributed by atoms with E-state index in [1.165, 1.54) is 48.1 Å². The van der Waals surface area contributed by atoms with Crippen LogP contribution in [0.25, 0.3) is 0 Å². The Morgan fingerprint density at radius 3 is 2.32 bits per heavy atom. The van der Waals surface area contributed by atoms with Crippen molar-refractivity contribution in [1.29, 1.82) is 0 Å². The number of fused-ring (bicyclic) bond motifs is 1. The molecule has 1 amide bonds. The summed E-state index contributed by atoms with van der Waals surface area (Å²) in [6, 6.07) is 9.03. The SMILES string of the molecule is O=C(N1CC2CN(Cc3ccc(N4CCCC4)cc3)CC2C1)n1cc(Cl)cn1. The van der Waals surface area contributed by atoms with Crippen molar-refractivity contribution >= 4 is 23.3 Å². The monoisotopic (exact) mass is 399 g/mol. The molecule has 0 bridgehead atoms. The smallest absolute Gasteiger partial charge is 0.344 e. The van der Waals surface area contributed by atoms with Crippen LogP contribution in [-0.2, 0) is 6.54 Å². The first-order chi connectivity index (χ1) is 13.7. The average molecular weight is 400 g/mol. The number of anilines is 1. The number of carbonyl (C=O) groups excluding carboxylic acids is 1. The summed E-state index contributed by atoms with van der Waals surface area (Å²) in [6.45, 7) is 7.11. The summed E-state index contributed by atoms with van der Waals surface area (Å²) in [4.78, 5) is 19.5. The first kappa shape index (κ1) is 18.0. The van der Waals surface area contributed by atoms with Gasteiger partial charge in [0.25, 0.3) is 0 Å².